The van der Waals surface area contributed by atoms with Crippen LogP contribution in [0.2, 0.25) is 0 Å². The molecule has 1 N–H and O–H groups in total. The van der Waals surface area contributed by atoms with Crippen molar-refractivity contribution in [3.05, 3.63) is 36.0 Å². The number of hydrogen-bond donors (Lipinski definition) is 1. The van der Waals surface area contributed by atoms with Gasteiger partial charge in [-0.25, -0.2) is 0 Å². The predicted octanol–water partition coefficient (Wildman–Crippen LogP) is 1.84. The van der Waals surface area contributed by atoms with Gasteiger partial charge in [-0.15, -0.1) is 0 Å². The Morgan fingerprint density at radius 2 is 2.18 bits per heavy atom. The predicted molar refractivity (Wildman–Crippen MR) is 68.1 cm³/mol. The summed E-state index contributed by atoms with van der Waals surface area (Å²) in [6.07, 6.45) is 2.98. The third kappa shape index (κ3) is 2.51. The van der Waals surface area contributed by atoms with Crippen LogP contribution in [0.25, 0.3) is 10.9 Å². The molecule has 3 rings (SSSR count). The Balaban J connectivity index is 1.63. The second kappa shape index (κ2) is 4.90. The molecular formula is C14H17N2O. The van der Waals surface area contributed by atoms with Crippen LogP contribution in [-0.4, -0.2) is 42.7 Å². The molecule has 0 atom stereocenters. The van der Waals surface area contributed by atoms with E-state index in [1.807, 2.05) is 6.20 Å². The molecule has 1 saturated heterocycles. The van der Waals surface area contributed by atoms with Crippen molar-refractivity contribution in [1.29, 1.82) is 0 Å². The number of nitrogens with zero attached hydrogens (tertiary/aromatic N) is 1. The first-order chi connectivity index (χ1) is 8.42. The molecule has 0 bridgehead atoms. The van der Waals surface area contributed by atoms with Crippen LogP contribution < -0.4 is 0 Å². The summed E-state index contributed by atoms with van der Waals surface area (Å²) in [5.74, 6) is 0. The van der Waals surface area contributed by atoms with E-state index in [1.54, 1.807) is 0 Å². The minimum Gasteiger partial charge on any atom is -0.379 e. The maximum absolute atomic E-state index is 5.35. The summed E-state index contributed by atoms with van der Waals surface area (Å²) in [6.45, 7) is 5.02. The van der Waals surface area contributed by atoms with E-state index in [4.69, 9.17) is 4.74 Å². The van der Waals surface area contributed by atoms with Gasteiger partial charge in [0.25, 0.3) is 0 Å². The van der Waals surface area contributed by atoms with E-state index in [1.165, 1.54) is 16.5 Å². The lowest BCUT2D eigenvalue weighted by molar-refractivity contribution is 0.0384. The Morgan fingerprint density at radius 3 is 3.06 bits per heavy atom. The molecule has 1 radical (unpaired) electrons. The molecule has 1 aromatic heterocycles. The fraction of sp³-hybridized carbons (Fsp3) is 0.429. The number of hydrogen-bond acceptors (Lipinski definition) is 2. The van der Waals surface area contributed by atoms with Gasteiger partial charge in [0.05, 0.1) is 13.2 Å². The van der Waals surface area contributed by atoms with Crippen LogP contribution in [0.5, 0.6) is 0 Å². The normalized spacial score (nSPS) is 17.6. The molecule has 1 aliphatic rings. The van der Waals surface area contributed by atoms with E-state index in [9.17, 15) is 0 Å². The monoisotopic (exact) mass is 229 g/mol. The van der Waals surface area contributed by atoms with E-state index in [-0.39, 0.29) is 0 Å². The number of ether oxygens (including phenoxy) is 1. The summed E-state index contributed by atoms with van der Waals surface area (Å²) in [5, 5.41) is 1.17. The molecule has 0 amide bonds. The number of morpholine rings is 1. The van der Waals surface area contributed by atoms with Crippen molar-refractivity contribution in [3.63, 3.8) is 0 Å². The zero-order valence-electron chi connectivity index (χ0n) is 9.91. The highest BCUT2D eigenvalue weighted by molar-refractivity contribution is 5.79. The van der Waals surface area contributed by atoms with Crippen LogP contribution in [-0.2, 0) is 11.2 Å². The van der Waals surface area contributed by atoms with Gasteiger partial charge < -0.3 is 9.72 Å². The van der Waals surface area contributed by atoms with Gasteiger partial charge in [0.2, 0.25) is 0 Å². The van der Waals surface area contributed by atoms with Crippen molar-refractivity contribution in [2.24, 2.45) is 0 Å². The molecule has 1 aromatic carbocycles. The largest absolute Gasteiger partial charge is 0.379 e. The Labute approximate surface area is 101 Å². The smallest absolute Gasteiger partial charge is 0.0594 e. The minimum atomic E-state index is 0.880. The molecule has 17 heavy (non-hydrogen) atoms. The third-order valence-electron chi connectivity index (χ3n) is 3.36. The standard InChI is InChI=1S/C14H17N2O/c1-2-13-3-5-15-14(13)11-12(1)4-6-16-7-9-17-10-8-16/h1-2,5,11,15H,4,6-10H2. The van der Waals surface area contributed by atoms with Crippen molar-refractivity contribution in [2.45, 2.75) is 6.42 Å². The van der Waals surface area contributed by atoms with Crippen molar-refractivity contribution in [1.82, 2.24) is 9.88 Å². The Kier molecular flexibility index (Phi) is 3.12. The molecule has 2 heterocycles. The Morgan fingerprint density at radius 1 is 1.29 bits per heavy atom. The highest BCUT2D eigenvalue weighted by Gasteiger charge is 2.09. The minimum absolute atomic E-state index is 0.880. The summed E-state index contributed by atoms with van der Waals surface area (Å²) in [5.41, 5.74) is 2.57. The van der Waals surface area contributed by atoms with E-state index in [2.05, 4.69) is 34.1 Å². The molecular weight excluding hydrogens is 212 g/mol. The van der Waals surface area contributed by atoms with E-state index in [0.29, 0.717) is 0 Å². The second-order valence-electron chi connectivity index (χ2n) is 4.52. The molecule has 3 heteroatoms. The lowest BCUT2D eigenvalue weighted by atomic mass is 10.1. The number of rotatable bonds is 3. The van der Waals surface area contributed by atoms with Crippen LogP contribution in [0.3, 0.4) is 0 Å². The number of benzene rings is 1. The molecule has 2 aromatic rings. The number of aromatic amines is 1. The Hall–Kier alpha value is -1.32. The lowest BCUT2D eigenvalue weighted by Gasteiger charge is -2.26. The maximum Gasteiger partial charge on any atom is 0.0594 e. The van der Waals surface area contributed by atoms with Crippen LogP contribution >= 0.6 is 0 Å². The molecule has 1 aliphatic heterocycles. The van der Waals surface area contributed by atoms with E-state index < -0.39 is 0 Å². The van der Waals surface area contributed by atoms with Gasteiger partial charge in [-0.2, -0.15) is 0 Å². The first-order valence-electron chi connectivity index (χ1n) is 6.19. The fourth-order valence-electron chi connectivity index (χ4n) is 2.30. The molecule has 0 aliphatic carbocycles. The average Bonchev–Trinajstić information content (AvgIpc) is 2.85. The number of nitrogens with one attached hydrogen (secondary N) is 1. The SMILES string of the molecule is [c]1c[nH]c2cc(CCN3CCOCC3)ccc12. The van der Waals surface area contributed by atoms with Crippen molar-refractivity contribution in [3.8, 4) is 0 Å². The highest BCUT2D eigenvalue weighted by Crippen LogP contribution is 2.14. The van der Waals surface area contributed by atoms with Crippen molar-refractivity contribution < 1.29 is 4.74 Å². The summed E-state index contributed by atoms with van der Waals surface area (Å²) in [6, 6.07) is 9.74. The quantitative estimate of drug-likeness (QED) is 0.870. The summed E-state index contributed by atoms with van der Waals surface area (Å²) < 4.78 is 5.35. The molecule has 3 nitrogen and oxygen atoms in total. The molecule has 0 unspecified atom stereocenters. The fourth-order valence-corrected chi connectivity index (χ4v) is 2.30. The summed E-state index contributed by atoms with van der Waals surface area (Å²) in [7, 11) is 0. The van der Waals surface area contributed by atoms with Gasteiger partial charge in [0.1, 0.15) is 0 Å². The summed E-state index contributed by atoms with van der Waals surface area (Å²) in [4.78, 5) is 5.68. The van der Waals surface area contributed by atoms with E-state index in [0.717, 1.165) is 39.3 Å². The highest BCUT2D eigenvalue weighted by atomic mass is 16.5. The number of fused-ring (bicyclic) bond motifs is 1. The van der Waals surface area contributed by atoms with Crippen LogP contribution in [0.1, 0.15) is 5.56 Å². The molecule has 89 valence electrons. The lowest BCUT2D eigenvalue weighted by Crippen LogP contribution is -2.37. The zero-order valence-corrected chi connectivity index (χ0v) is 9.91. The maximum atomic E-state index is 5.35. The van der Waals surface area contributed by atoms with Crippen LogP contribution in [0.15, 0.2) is 24.4 Å². The number of H-pyrrole nitrogens is 1. The van der Waals surface area contributed by atoms with Gasteiger partial charge in [-0.3, -0.25) is 4.90 Å². The molecule has 0 saturated carbocycles. The second-order valence-corrected chi connectivity index (χ2v) is 4.52. The van der Waals surface area contributed by atoms with Crippen molar-refractivity contribution in [2.75, 3.05) is 32.8 Å². The van der Waals surface area contributed by atoms with Crippen LogP contribution in [0.4, 0.5) is 0 Å². The number of aromatic nitrogens is 1. The van der Waals surface area contributed by atoms with Crippen molar-refractivity contribution >= 4 is 10.9 Å². The Bertz CT molecular complexity index is 486. The van der Waals surface area contributed by atoms with Gasteiger partial charge in [0, 0.05) is 42.8 Å². The van der Waals surface area contributed by atoms with E-state index >= 15 is 0 Å². The van der Waals surface area contributed by atoms with Gasteiger partial charge in [-0.1, -0.05) is 12.1 Å². The molecule has 0 spiro atoms. The topological polar surface area (TPSA) is 28.3 Å². The van der Waals surface area contributed by atoms with Gasteiger partial charge >= 0.3 is 0 Å². The van der Waals surface area contributed by atoms with Gasteiger partial charge in [-0.05, 0) is 18.1 Å². The third-order valence-corrected chi connectivity index (χ3v) is 3.36. The van der Waals surface area contributed by atoms with Gasteiger partial charge in [0.15, 0.2) is 0 Å². The average molecular weight is 229 g/mol. The molecule has 1 fully saturated rings. The first kappa shape index (κ1) is 10.8. The zero-order chi connectivity index (χ0) is 11.5. The summed E-state index contributed by atoms with van der Waals surface area (Å²) >= 11 is 0. The van der Waals surface area contributed by atoms with Crippen LogP contribution in [0, 0.1) is 6.07 Å². The first-order valence-corrected chi connectivity index (χ1v) is 6.19.